The number of carbonyl (C=O) groups is 1. The summed E-state index contributed by atoms with van der Waals surface area (Å²) in [5.74, 6) is 0.735. The summed E-state index contributed by atoms with van der Waals surface area (Å²) in [5, 5.41) is 6.67. The normalized spacial score (nSPS) is 23.9. The molecule has 3 nitrogen and oxygen atoms in total. The second kappa shape index (κ2) is 6.08. The number of carbonyl (C=O) groups excluding carboxylic acids is 1. The van der Waals surface area contributed by atoms with Crippen LogP contribution in [0, 0.1) is 18.3 Å². The van der Waals surface area contributed by atoms with Crippen molar-refractivity contribution in [2.24, 2.45) is 11.3 Å². The molecular weight excluding hydrogens is 260 g/mol. The van der Waals surface area contributed by atoms with Gasteiger partial charge in [0.05, 0.1) is 0 Å². The summed E-state index contributed by atoms with van der Waals surface area (Å²) in [5.41, 5.74) is 3.59. The van der Waals surface area contributed by atoms with Crippen LogP contribution in [0.4, 0.5) is 11.4 Å². The number of amides is 1. The first kappa shape index (κ1) is 15.9. The maximum Gasteiger partial charge on any atom is 0.224 e. The van der Waals surface area contributed by atoms with E-state index in [4.69, 9.17) is 0 Å². The van der Waals surface area contributed by atoms with E-state index < -0.39 is 0 Å². The molecule has 2 N–H and O–H groups in total. The SMILES string of the molecule is CCC(=O)Nc1cccc(NC2CC(C)(C)CC2C)c1C. The van der Waals surface area contributed by atoms with Gasteiger partial charge in [-0.2, -0.15) is 0 Å². The molecule has 0 radical (unpaired) electrons. The summed E-state index contributed by atoms with van der Waals surface area (Å²) >= 11 is 0. The van der Waals surface area contributed by atoms with E-state index in [-0.39, 0.29) is 5.91 Å². The van der Waals surface area contributed by atoms with Crippen molar-refractivity contribution in [1.29, 1.82) is 0 Å². The molecule has 2 unspecified atom stereocenters. The lowest BCUT2D eigenvalue weighted by Gasteiger charge is -2.22. The van der Waals surface area contributed by atoms with Crippen molar-refractivity contribution < 1.29 is 4.79 Å². The fourth-order valence-electron chi connectivity index (χ4n) is 3.45. The van der Waals surface area contributed by atoms with Crippen molar-refractivity contribution in [3.8, 4) is 0 Å². The van der Waals surface area contributed by atoms with Gasteiger partial charge in [-0.3, -0.25) is 4.79 Å². The van der Waals surface area contributed by atoms with Gasteiger partial charge in [-0.05, 0) is 48.8 Å². The summed E-state index contributed by atoms with van der Waals surface area (Å²) < 4.78 is 0. The van der Waals surface area contributed by atoms with Crippen LogP contribution in [0.5, 0.6) is 0 Å². The van der Waals surface area contributed by atoms with Crippen LogP contribution < -0.4 is 10.6 Å². The summed E-state index contributed by atoms with van der Waals surface area (Å²) in [4.78, 5) is 11.6. The fraction of sp³-hybridized carbons (Fsp3) is 0.611. The lowest BCUT2D eigenvalue weighted by atomic mass is 9.91. The Morgan fingerprint density at radius 2 is 1.95 bits per heavy atom. The first-order valence-electron chi connectivity index (χ1n) is 7.98. The highest BCUT2D eigenvalue weighted by Gasteiger charge is 2.36. The summed E-state index contributed by atoms with van der Waals surface area (Å²) in [6.45, 7) is 10.9. The number of benzene rings is 1. The highest BCUT2D eigenvalue weighted by molar-refractivity contribution is 5.92. The summed E-state index contributed by atoms with van der Waals surface area (Å²) in [6.07, 6.45) is 2.96. The highest BCUT2D eigenvalue weighted by atomic mass is 16.1. The Morgan fingerprint density at radius 1 is 1.29 bits per heavy atom. The zero-order valence-corrected chi connectivity index (χ0v) is 13.9. The van der Waals surface area contributed by atoms with Crippen LogP contribution in [0.2, 0.25) is 0 Å². The van der Waals surface area contributed by atoms with Gasteiger partial charge >= 0.3 is 0 Å². The van der Waals surface area contributed by atoms with Crippen LogP contribution in [-0.2, 0) is 4.79 Å². The molecule has 3 heteroatoms. The lowest BCUT2D eigenvalue weighted by molar-refractivity contribution is -0.115. The molecule has 21 heavy (non-hydrogen) atoms. The molecular formula is C18H28N2O. The van der Waals surface area contributed by atoms with E-state index in [9.17, 15) is 4.79 Å². The molecule has 1 saturated carbocycles. The van der Waals surface area contributed by atoms with E-state index in [2.05, 4.69) is 44.4 Å². The second-order valence-electron chi connectivity index (χ2n) is 7.18. The Kier molecular flexibility index (Phi) is 4.60. The fourth-order valence-corrected chi connectivity index (χ4v) is 3.45. The van der Waals surface area contributed by atoms with Gasteiger partial charge in [-0.25, -0.2) is 0 Å². The van der Waals surface area contributed by atoms with Gasteiger partial charge in [-0.1, -0.05) is 33.8 Å². The molecule has 1 amide bonds. The van der Waals surface area contributed by atoms with Crippen molar-refractivity contribution in [2.45, 2.75) is 59.9 Å². The molecule has 2 atom stereocenters. The monoisotopic (exact) mass is 288 g/mol. The average Bonchev–Trinajstić information content (AvgIpc) is 2.67. The van der Waals surface area contributed by atoms with Crippen molar-refractivity contribution in [1.82, 2.24) is 0 Å². The van der Waals surface area contributed by atoms with E-state index in [1.807, 2.05) is 19.1 Å². The first-order valence-corrected chi connectivity index (χ1v) is 7.98. The maximum absolute atomic E-state index is 11.6. The van der Waals surface area contributed by atoms with Crippen LogP contribution in [0.25, 0.3) is 0 Å². The Bertz CT molecular complexity index is 522. The molecule has 2 rings (SSSR count). The van der Waals surface area contributed by atoms with Crippen molar-refractivity contribution >= 4 is 17.3 Å². The molecule has 0 saturated heterocycles. The predicted octanol–water partition coefficient (Wildman–Crippen LogP) is 4.58. The smallest absolute Gasteiger partial charge is 0.224 e. The molecule has 1 aromatic carbocycles. The average molecular weight is 288 g/mol. The topological polar surface area (TPSA) is 41.1 Å². The molecule has 0 bridgehead atoms. The third-order valence-electron chi connectivity index (χ3n) is 4.60. The van der Waals surface area contributed by atoms with Crippen LogP contribution in [0.1, 0.15) is 52.5 Å². The predicted molar refractivity (Wildman–Crippen MR) is 89.7 cm³/mol. The number of hydrogen-bond donors (Lipinski definition) is 2. The highest BCUT2D eigenvalue weighted by Crippen LogP contribution is 2.42. The van der Waals surface area contributed by atoms with Crippen molar-refractivity contribution in [3.63, 3.8) is 0 Å². The third-order valence-corrected chi connectivity index (χ3v) is 4.60. The number of rotatable bonds is 4. The van der Waals surface area contributed by atoms with Crippen LogP contribution in [0.15, 0.2) is 18.2 Å². The Hall–Kier alpha value is -1.51. The molecule has 116 valence electrons. The minimum atomic E-state index is 0.0608. The van der Waals surface area contributed by atoms with Gasteiger partial charge in [0, 0.05) is 23.8 Å². The van der Waals surface area contributed by atoms with Gasteiger partial charge in [0.15, 0.2) is 0 Å². The van der Waals surface area contributed by atoms with Gasteiger partial charge < -0.3 is 10.6 Å². The number of nitrogens with one attached hydrogen (secondary N) is 2. The maximum atomic E-state index is 11.6. The number of hydrogen-bond acceptors (Lipinski definition) is 2. The van der Waals surface area contributed by atoms with Gasteiger partial charge in [0.25, 0.3) is 0 Å². The minimum absolute atomic E-state index is 0.0608. The first-order chi connectivity index (χ1) is 9.82. The molecule has 1 aliphatic carbocycles. The molecule has 0 aromatic heterocycles. The third kappa shape index (κ3) is 3.78. The lowest BCUT2D eigenvalue weighted by Crippen LogP contribution is -2.23. The van der Waals surface area contributed by atoms with Gasteiger partial charge in [0.1, 0.15) is 0 Å². The number of anilines is 2. The van der Waals surface area contributed by atoms with E-state index in [1.54, 1.807) is 0 Å². The summed E-state index contributed by atoms with van der Waals surface area (Å²) in [7, 11) is 0. The van der Waals surface area contributed by atoms with Crippen LogP contribution in [-0.4, -0.2) is 11.9 Å². The molecule has 1 aromatic rings. The summed E-state index contributed by atoms with van der Waals surface area (Å²) in [6, 6.07) is 6.59. The zero-order chi connectivity index (χ0) is 15.6. The van der Waals surface area contributed by atoms with E-state index >= 15 is 0 Å². The van der Waals surface area contributed by atoms with Crippen LogP contribution >= 0.6 is 0 Å². The van der Waals surface area contributed by atoms with Gasteiger partial charge in [-0.15, -0.1) is 0 Å². The molecule has 0 spiro atoms. The quantitative estimate of drug-likeness (QED) is 0.851. The Morgan fingerprint density at radius 3 is 2.52 bits per heavy atom. The minimum Gasteiger partial charge on any atom is -0.382 e. The standard InChI is InChI=1S/C18H28N2O/c1-6-17(21)20-15-9-7-8-14(13(15)3)19-16-11-18(4,5)10-12(16)2/h7-9,12,16,19H,6,10-11H2,1-5H3,(H,20,21). The Balaban J connectivity index is 2.14. The van der Waals surface area contributed by atoms with Crippen LogP contribution in [0.3, 0.4) is 0 Å². The van der Waals surface area contributed by atoms with E-state index in [1.165, 1.54) is 12.8 Å². The molecule has 0 aliphatic heterocycles. The van der Waals surface area contributed by atoms with E-state index in [0.29, 0.717) is 23.8 Å². The molecule has 1 aliphatic rings. The largest absolute Gasteiger partial charge is 0.382 e. The van der Waals surface area contributed by atoms with Crippen molar-refractivity contribution in [2.75, 3.05) is 10.6 Å². The second-order valence-corrected chi connectivity index (χ2v) is 7.18. The molecule has 1 fully saturated rings. The zero-order valence-electron chi connectivity index (χ0n) is 13.9. The van der Waals surface area contributed by atoms with Crippen molar-refractivity contribution in [3.05, 3.63) is 23.8 Å². The Labute approximate surface area is 128 Å². The van der Waals surface area contributed by atoms with E-state index in [0.717, 1.165) is 16.9 Å². The van der Waals surface area contributed by atoms with Gasteiger partial charge in [0.2, 0.25) is 5.91 Å². The molecule has 0 heterocycles.